The van der Waals surface area contributed by atoms with Gasteiger partial charge in [-0.25, -0.2) is 9.97 Å². The van der Waals surface area contributed by atoms with Crippen molar-refractivity contribution < 1.29 is 9.66 Å². The van der Waals surface area contributed by atoms with Gasteiger partial charge in [0, 0.05) is 18.6 Å². The van der Waals surface area contributed by atoms with E-state index in [0.717, 1.165) is 6.42 Å². The van der Waals surface area contributed by atoms with E-state index in [2.05, 4.69) is 36.1 Å². The van der Waals surface area contributed by atoms with E-state index in [4.69, 9.17) is 4.74 Å². The second-order valence-corrected chi connectivity index (χ2v) is 9.06. The summed E-state index contributed by atoms with van der Waals surface area (Å²) in [6.45, 7) is 15.5. The summed E-state index contributed by atoms with van der Waals surface area (Å²) in [7, 11) is 0. The number of rotatable bonds is 5. The molecule has 0 bridgehead atoms. The van der Waals surface area contributed by atoms with Gasteiger partial charge in [-0.3, -0.25) is 10.1 Å². The van der Waals surface area contributed by atoms with Gasteiger partial charge in [0.1, 0.15) is 6.33 Å². The Morgan fingerprint density at radius 3 is 2.31 bits per heavy atom. The Bertz CT molecular complexity index is 647. The topological polar surface area (TPSA) is 93.4 Å². The van der Waals surface area contributed by atoms with Crippen LogP contribution in [0.25, 0.3) is 0 Å². The molecular weight excluding hydrogens is 334 g/mol. The van der Waals surface area contributed by atoms with E-state index in [0.29, 0.717) is 18.9 Å². The van der Waals surface area contributed by atoms with Crippen LogP contribution in [0.3, 0.4) is 0 Å². The third-order valence-corrected chi connectivity index (χ3v) is 4.13. The summed E-state index contributed by atoms with van der Waals surface area (Å²) in [5.74, 6) is 0.613. The van der Waals surface area contributed by atoms with Crippen LogP contribution in [-0.2, 0) is 4.74 Å². The predicted molar refractivity (Wildman–Crippen MR) is 103 cm³/mol. The molecule has 2 atom stereocenters. The number of hydrogen-bond donors (Lipinski definition) is 1. The predicted octanol–water partition coefficient (Wildman–Crippen LogP) is 3.63. The molecule has 1 N–H and O–H groups in total. The van der Waals surface area contributed by atoms with Crippen LogP contribution in [0.15, 0.2) is 6.33 Å². The van der Waals surface area contributed by atoms with Gasteiger partial charge in [0.25, 0.3) is 0 Å². The maximum Gasteiger partial charge on any atom is 0.353 e. The molecule has 0 aliphatic carbocycles. The fourth-order valence-electron chi connectivity index (χ4n) is 3.90. The van der Waals surface area contributed by atoms with Crippen molar-refractivity contribution in [1.29, 1.82) is 0 Å². The van der Waals surface area contributed by atoms with Gasteiger partial charge in [0.2, 0.25) is 11.6 Å². The van der Waals surface area contributed by atoms with Crippen LogP contribution in [0, 0.1) is 15.5 Å². The molecule has 0 saturated carbocycles. The lowest BCUT2D eigenvalue weighted by molar-refractivity contribution is -0.383. The number of nitro groups is 1. The van der Waals surface area contributed by atoms with Crippen LogP contribution in [0.4, 0.5) is 17.3 Å². The summed E-state index contributed by atoms with van der Waals surface area (Å²) in [4.78, 5) is 21.8. The van der Waals surface area contributed by atoms with Crippen molar-refractivity contribution in [3.8, 4) is 0 Å². The molecule has 8 heteroatoms. The van der Waals surface area contributed by atoms with E-state index in [-0.39, 0.29) is 34.7 Å². The molecule has 146 valence electrons. The highest BCUT2D eigenvalue weighted by molar-refractivity contribution is 5.71. The normalized spacial score (nSPS) is 21.6. The first-order valence-corrected chi connectivity index (χ1v) is 9.06. The monoisotopic (exact) mass is 365 g/mol. The Labute approximate surface area is 155 Å². The smallest absolute Gasteiger partial charge is 0.353 e. The molecule has 0 radical (unpaired) electrons. The van der Waals surface area contributed by atoms with Crippen molar-refractivity contribution in [2.45, 2.75) is 72.6 Å². The highest BCUT2D eigenvalue weighted by Crippen LogP contribution is 2.36. The van der Waals surface area contributed by atoms with Crippen molar-refractivity contribution in [3.63, 3.8) is 0 Å². The molecular formula is C18H31N5O3. The van der Waals surface area contributed by atoms with Gasteiger partial charge >= 0.3 is 5.69 Å². The summed E-state index contributed by atoms with van der Waals surface area (Å²) < 4.78 is 5.73. The van der Waals surface area contributed by atoms with Gasteiger partial charge in [-0.15, -0.1) is 0 Å². The number of anilines is 2. The molecule has 0 aromatic carbocycles. The minimum absolute atomic E-state index is 0.0120. The SMILES string of the molecule is CC1CN(c2ncnc(NC(C)(C)CC(C)(C)C)c2[N+](=O)[O-])CC(C)O1. The van der Waals surface area contributed by atoms with Gasteiger partial charge in [-0.1, -0.05) is 20.8 Å². The van der Waals surface area contributed by atoms with E-state index >= 15 is 0 Å². The molecule has 1 aromatic heterocycles. The first-order chi connectivity index (χ1) is 11.9. The summed E-state index contributed by atoms with van der Waals surface area (Å²) in [5, 5.41) is 15.1. The zero-order chi connectivity index (χ0) is 19.7. The third-order valence-electron chi connectivity index (χ3n) is 4.13. The largest absolute Gasteiger partial charge is 0.372 e. The number of hydrogen-bond acceptors (Lipinski definition) is 7. The molecule has 8 nitrogen and oxygen atoms in total. The fraction of sp³-hybridized carbons (Fsp3) is 0.778. The van der Waals surface area contributed by atoms with Crippen molar-refractivity contribution in [2.75, 3.05) is 23.3 Å². The Kier molecular flexibility index (Phi) is 5.75. The van der Waals surface area contributed by atoms with E-state index in [1.54, 1.807) is 0 Å². The first-order valence-electron chi connectivity index (χ1n) is 9.06. The molecule has 1 aromatic rings. The molecule has 1 fully saturated rings. The highest BCUT2D eigenvalue weighted by Gasteiger charge is 2.34. The quantitative estimate of drug-likeness (QED) is 0.629. The Hall–Kier alpha value is -1.96. The van der Waals surface area contributed by atoms with Gasteiger partial charge in [-0.2, -0.15) is 0 Å². The van der Waals surface area contributed by atoms with Crippen LogP contribution in [0.2, 0.25) is 0 Å². The van der Waals surface area contributed by atoms with Crippen LogP contribution in [-0.4, -0.2) is 45.7 Å². The lowest BCUT2D eigenvalue weighted by Gasteiger charge is -2.36. The number of morpholine rings is 1. The molecule has 26 heavy (non-hydrogen) atoms. The Morgan fingerprint density at radius 1 is 1.23 bits per heavy atom. The molecule has 2 rings (SSSR count). The average Bonchev–Trinajstić information content (AvgIpc) is 2.42. The van der Waals surface area contributed by atoms with Crippen molar-refractivity contribution in [2.24, 2.45) is 5.41 Å². The number of nitrogens with one attached hydrogen (secondary N) is 1. The minimum Gasteiger partial charge on any atom is -0.372 e. The first kappa shape index (κ1) is 20.4. The molecule has 1 aliphatic heterocycles. The average molecular weight is 365 g/mol. The second kappa shape index (κ2) is 7.34. The summed E-state index contributed by atoms with van der Waals surface area (Å²) in [6.07, 6.45) is 2.20. The second-order valence-electron chi connectivity index (χ2n) is 9.06. The summed E-state index contributed by atoms with van der Waals surface area (Å²) >= 11 is 0. The van der Waals surface area contributed by atoms with Gasteiger partial charge in [0.15, 0.2) is 0 Å². The zero-order valence-electron chi connectivity index (χ0n) is 16.9. The maximum absolute atomic E-state index is 11.8. The lowest BCUT2D eigenvalue weighted by Crippen LogP contribution is -2.46. The molecule has 2 heterocycles. The molecule has 0 spiro atoms. The third kappa shape index (κ3) is 5.27. The number of nitrogens with zero attached hydrogens (tertiary/aromatic N) is 4. The molecule has 2 unspecified atom stereocenters. The minimum atomic E-state index is -0.393. The maximum atomic E-state index is 11.8. The van der Waals surface area contributed by atoms with Gasteiger partial charge in [-0.05, 0) is 39.5 Å². The van der Waals surface area contributed by atoms with Crippen molar-refractivity contribution in [1.82, 2.24) is 9.97 Å². The molecule has 1 aliphatic rings. The van der Waals surface area contributed by atoms with Crippen LogP contribution in [0.1, 0.15) is 54.9 Å². The Morgan fingerprint density at radius 2 is 1.81 bits per heavy atom. The van der Waals surface area contributed by atoms with E-state index in [1.807, 2.05) is 32.6 Å². The lowest BCUT2D eigenvalue weighted by atomic mass is 9.82. The zero-order valence-corrected chi connectivity index (χ0v) is 16.9. The fourth-order valence-corrected chi connectivity index (χ4v) is 3.90. The Balaban J connectivity index is 2.38. The van der Waals surface area contributed by atoms with Crippen LogP contribution in [0.5, 0.6) is 0 Å². The van der Waals surface area contributed by atoms with E-state index in [1.165, 1.54) is 6.33 Å². The van der Waals surface area contributed by atoms with Crippen LogP contribution >= 0.6 is 0 Å². The summed E-state index contributed by atoms with van der Waals surface area (Å²) in [6, 6.07) is 0. The van der Waals surface area contributed by atoms with E-state index in [9.17, 15) is 10.1 Å². The highest BCUT2D eigenvalue weighted by atomic mass is 16.6. The molecule has 1 saturated heterocycles. The number of aromatic nitrogens is 2. The van der Waals surface area contributed by atoms with Crippen LogP contribution < -0.4 is 10.2 Å². The molecule has 0 amide bonds. The van der Waals surface area contributed by atoms with Crippen molar-refractivity contribution in [3.05, 3.63) is 16.4 Å². The van der Waals surface area contributed by atoms with Crippen molar-refractivity contribution >= 4 is 17.3 Å². The van der Waals surface area contributed by atoms with E-state index < -0.39 is 4.92 Å². The standard InChI is InChI=1S/C18H31N5O3/c1-12-8-22(9-13(2)26-12)16-14(23(24)25)15(19-11-20-16)21-18(6,7)10-17(3,4)5/h11-13H,8-10H2,1-7H3,(H,19,20,21). The number of ether oxygens (including phenoxy) is 1. The summed E-state index contributed by atoms with van der Waals surface area (Å²) in [5.41, 5.74) is -0.341. The van der Waals surface area contributed by atoms with Gasteiger partial charge < -0.3 is 15.0 Å². The van der Waals surface area contributed by atoms with Gasteiger partial charge in [0.05, 0.1) is 17.1 Å².